The highest BCUT2D eigenvalue weighted by Crippen LogP contribution is 2.22. The maximum absolute atomic E-state index is 10.8. The Kier molecular flexibility index (Phi) is 4.44. The van der Waals surface area contributed by atoms with Crippen LogP contribution in [-0.4, -0.2) is 41.5 Å². The minimum absolute atomic E-state index is 0.00895. The number of hydrogen-bond donors (Lipinski definition) is 4. The number of hydrogen-bond acceptors (Lipinski definition) is 5. The lowest BCUT2D eigenvalue weighted by atomic mass is 10.1. The molecule has 5 nitrogen and oxygen atoms in total. The number of ether oxygens (including phenoxy) is 1. The maximum Gasteiger partial charge on any atom is 0.121 e. The van der Waals surface area contributed by atoms with Crippen LogP contribution in [0.1, 0.15) is 87.2 Å². The second kappa shape index (κ2) is 15.0. The molecule has 30 heavy (non-hydrogen) atoms. The van der Waals surface area contributed by atoms with Gasteiger partial charge in [0.15, 0.2) is 0 Å². The molecule has 0 aliphatic rings. The van der Waals surface area contributed by atoms with Gasteiger partial charge in [0, 0.05) is 39.0 Å². The van der Waals surface area contributed by atoms with E-state index in [-0.39, 0.29) is 31.9 Å². The van der Waals surface area contributed by atoms with E-state index in [4.69, 9.17) is 30.8 Å². The summed E-state index contributed by atoms with van der Waals surface area (Å²) in [6.45, 7) is -10.8. The fourth-order valence-electron chi connectivity index (χ4n) is 2.07. The normalized spacial score (nSPS) is 25.3. The summed E-state index contributed by atoms with van der Waals surface area (Å²) in [6, 6.07) is -3.54. The Morgan fingerprint density at radius 3 is 2.67 bits per heavy atom. The van der Waals surface area contributed by atoms with E-state index in [2.05, 4.69) is 0 Å². The van der Waals surface area contributed by atoms with Crippen molar-refractivity contribution in [2.24, 2.45) is 0 Å². The molecule has 0 radical (unpaired) electrons. The molecule has 0 amide bonds. The third-order valence-electron chi connectivity index (χ3n) is 3.55. The molecule has 2 aromatic carbocycles. The van der Waals surface area contributed by atoms with Crippen LogP contribution in [0.4, 0.5) is 0 Å². The standard InChI is InChI=1S/C25H37NO4/c27-20-23-18-22(13-14-24(23)28)25(29)19-26-15-7-1-2-8-16-30-17-9-6-12-21-10-4-3-5-11-21/h3-5,10-11,13-14,18,25-29H,1-2,6-9,12,15-17,19-20H2/i3D,6D2,9D2,10D,11D,12D2,13D,14D,15D2,18D,19D2,20D2,25D. The van der Waals surface area contributed by atoms with Crippen molar-refractivity contribution in [2.45, 2.75) is 57.4 Å². The SMILES string of the molecule is [2H]c1cc([2H])c(C([2H])([2H])C([2H])([2H])C([2H])([2H])COCCCCCC([2H])([2H])NC([2H])([2H])C([2H])(O)c2c([2H])c([2H])c(O)c(C([2H])([2H])O)c2[2H])c([2H])c1. The first kappa shape index (κ1) is 8.91. The maximum atomic E-state index is 10.8. The highest BCUT2D eigenvalue weighted by Gasteiger charge is 2.09. The van der Waals surface area contributed by atoms with Gasteiger partial charge in [0.1, 0.15) is 5.75 Å². The molecule has 0 bridgehead atoms. The van der Waals surface area contributed by atoms with Crippen molar-refractivity contribution in [3.05, 3.63) is 65.1 Å². The molecule has 4 N–H and O–H groups in total. The van der Waals surface area contributed by atoms with Crippen molar-refractivity contribution in [1.29, 1.82) is 0 Å². The highest BCUT2D eigenvalue weighted by atomic mass is 16.5. The van der Waals surface area contributed by atoms with Gasteiger partial charge in [0.05, 0.1) is 25.0 Å². The fourth-order valence-corrected chi connectivity index (χ4v) is 2.07. The Labute approximate surface area is 207 Å². The summed E-state index contributed by atoms with van der Waals surface area (Å²) < 4.78 is 157. The first-order valence-corrected chi connectivity index (χ1v) is 9.11. The predicted molar refractivity (Wildman–Crippen MR) is 121 cm³/mol. The molecule has 0 saturated carbocycles. The van der Waals surface area contributed by atoms with Crippen LogP contribution in [0.15, 0.2) is 48.4 Å². The molecule has 0 aromatic heterocycles. The van der Waals surface area contributed by atoms with Crippen molar-refractivity contribution < 1.29 is 46.1 Å². The molecule has 0 fully saturated rings. The van der Waals surface area contributed by atoms with Crippen LogP contribution < -0.4 is 5.32 Å². The van der Waals surface area contributed by atoms with Gasteiger partial charge in [-0.05, 0) is 61.7 Å². The van der Waals surface area contributed by atoms with Gasteiger partial charge >= 0.3 is 0 Å². The molecular weight excluding hydrogens is 378 g/mol. The van der Waals surface area contributed by atoms with Crippen LogP contribution in [0.3, 0.4) is 0 Å². The van der Waals surface area contributed by atoms with Gasteiger partial charge in [-0.15, -0.1) is 0 Å². The minimum Gasteiger partial charge on any atom is -0.508 e. The van der Waals surface area contributed by atoms with E-state index in [0.29, 0.717) is 0 Å². The zero-order valence-electron chi connectivity index (χ0n) is 35.1. The van der Waals surface area contributed by atoms with Gasteiger partial charge in [-0.2, -0.15) is 0 Å². The summed E-state index contributed by atoms with van der Waals surface area (Å²) in [5.41, 5.74) is -3.35. The summed E-state index contributed by atoms with van der Waals surface area (Å²) >= 11 is 0. The van der Waals surface area contributed by atoms with Crippen LogP contribution in [0.25, 0.3) is 0 Å². The Bertz CT molecular complexity index is 1490. The summed E-state index contributed by atoms with van der Waals surface area (Å²) in [7, 11) is 0. The Morgan fingerprint density at radius 1 is 1.07 bits per heavy atom. The van der Waals surface area contributed by atoms with Crippen molar-refractivity contribution in [2.75, 3.05) is 26.2 Å². The van der Waals surface area contributed by atoms with E-state index < -0.39 is 110 Å². The van der Waals surface area contributed by atoms with E-state index in [0.717, 1.165) is 12.1 Å². The van der Waals surface area contributed by atoms with Gasteiger partial charge in [0.25, 0.3) is 0 Å². The molecule has 0 heterocycles. The van der Waals surface area contributed by atoms with E-state index in [1.54, 1.807) is 5.32 Å². The highest BCUT2D eigenvalue weighted by molar-refractivity contribution is 5.36. The first-order valence-electron chi connectivity index (χ1n) is 18.6. The quantitative estimate of drug-likeness (QED) is 0.299. The Hall–Kier alpha value is -1.92. The lowest BCUT2D eigenvalue weighted by molar-refractivity contribution is 0.126. The number of rotatable bonds is 16. The number of benzene rings is 2. The van der Waals surface area contributed by atoms with Gasteiger partial charge in [0.2, 0.25) is 0 Å². The molecule has 1 atom stereocenters. The molecule has 0 spiro atoms. The van der Waals surface area contributed by atoms with Crippen LogP contribution in [-0.2, 0) is 17.7 Å². The first-order chi connectivity index (χ1) is 21.9. The van der Waals surface area contributed by atoms with E-state index in [9.17, 15) is 15.3 Å². The van der Waals surface area contributed by atoms with Crippen molar-refractivity contribution in [3.63, 3.8) is 0 Å². The number of aliphatic hydroxyl groups is 2. The molecule has 2 rings (SSSR count). The van der Waals surface area contributed by atoms with Gasteiger partial charge in [-0.3, -0.25) is 0 Å². The number of unbranched alkanes of at least 4 members (excludes halogenated alkanes) is 2. The summed E-state index contributed by atoms with van der Waals surface area (Å²) in [6.07, 6.45) is -13.3. The molecular formula is C25H37NO4. The summed E-state index contributed by atoms with van der Waals surface area (Å²) in [4.78, 5) is 0. The molecule has 5 heteroatoms. The lowest BCUT2D eigenvalue weighted by Crippen LogP contribution is -2.22. The number of phenols is 1. The molecule has 1 unspecified atom stereocenters. The monoisotopic (exact) mass is 434 g/mol. The second-order valence-electron chi connectivity index (χ2n) is 5.77. The van der Waals surface area contributed by atoms with Gasteiger partial charge < -0.3 is 25.4 Å². The molecule has 166 valence electrons. The molecule has 0 saturated heterocycles. The van der Waals surface area contributed by atoms with Crippen LogP contribution in [0, 0.1) is 0 Å². The molecule has 0 aliphatic heterocycles. The Morgan fingerprint density at radius 2 is 1.87 bits per heavy atom. The van der Waals surface area contributed by atoms with Gasteiger partial charge in [-0.25, -0.2) is 0 Å². The van der Waals surface area contributed by atoms with Gasteiger partial charge in [-0.1, -0.05) is 49.1 Å². The average Bonchev–Trinajstić information content (AvgIpc) is 2.88. The van der Waals surface area contributed by atoms with E-state index in [1.165, 1.54) is 0 Å². The van der Waals surface area contributed by atoms with Crippen molar-refractivity contribution in [3.8, 4) is 5.75 Å². The predicted octanol–water partition coefficient (Wildman–Crippen LogP) is 4.11. The average molecular weight is 435 g/mol. The van der Waals surface area contributed by atoms with Crippen LogP contribution in [0.5, 0.6) is 5.75 Å². The largest absolute Gasteiger partial charge is 0.508 e. The second-order valence-corrected chi connectivity index (χ2v) is 5.77. The summed E-state index contributed by atoms with van der Waals surface area (Å²) in [5, 5.41) is 32.3. The number of nitrogens with one attached hydrogen (secondary N) is 1. The Balaban J connectivity index is 2.04. The number of aromatic hydroxyl groups is 1. The fraction of sp³-hybridized carbons (Fsp3) is 0.520. The third kappa shape index (κ3) is 9.72. The molecule has 2 aromatic rings. The molecule has 0 aliphatic carbocycles. The van der Waals surface area contributed by atoms with Crippen molar-refractivity contribution >= 4 is 0 Å². The van der Waals surface area contributed by atoms with E-state index in [1.807, 2.05) is 0 Å². The van der Waals surface area contributed by atoms with E-state index >= 15 is 0 Å². The zero-order valence-corrected chi connectivity index (χ0v) is 16.1. The topological polar surface area (TPSA) is 82.0 Å². The van der Waals surface area contributed by atoms with Crippen LogP contribution >= 0.6 is 0 Å². The lowest BCUT2D eigenvalue weighted by Gasteiger charge is -2.14. The smallest absolute Gasteiger partial charge is 0.121 e. The van der Waals surface area contributed by atoms with Crippen molar-refractivity contribution in [1.82, 2.24) is 5.32 Å². The summed E-state index contributed by atoms with van der Waals surface area (Å²) in [5.74, 6) is -1.34. The third-order valence-corrected chi connectivity index (χ3v) is 3.55. The zero-order chi connectivity index (χ0) is 38.3. The van der Waals surface area contributed by atoms with Crippen LogP contribution in [0.2, 0.25) is 0 Å². The minimum atomic E-state index is -3.72.